The third-order valence-corrected chi connectivity index (χ3v) is 3.05. The molecule has 2 aliphatic heterocycles. The van der Waals surface area contributed by atoms with Gasteiger partial charge < -0.3 is 10.2 Å². The van der Waals surface area contributed by atoms with Crippen LogP contribution in [0.25, 0.3) is 0 Å². The number of hydrogen-bond acceptors (Lipinski definition) is 3. The zero-order valence-electron chi connectivity index (χ0n) is 9.03. The molecule has 15 heavy (non-hydrogen) atoms. The Balaban J connectivity index is 1.93. The van der Waals surface area contributed by atoms with Crippen molar-refractivity contribution in [1.82, 2.24) is 15.1 Å². The van der Waals surface area contributed by atoms with Crippen LogP contribution in [0.2, 0.25) is 0 Å². The highest BCUT2D eigenvalue weighted by molar-refractivity contribution is 6.01. The average molecular weight is 211 g/mol. The third kappa shape index (κ3) is 2.12. The summed E-state index contributed by atoms with van der Waals surface area (Å²) in [6, 6.07) is 0.130. The molecule has 3 amide bonds. The fourth-order valence-electron chi connectivity index (χ4n) is 2.15. The maximum atomic E-state index is 11.6. The van der Waals surface area contributed by atoms with Crippen molar-refractivity contribution in [2.45, 2.75) is 25.3 Å². The van der Waals surface area contributed by atoms with E-state index >= 15 is 0 Å². The van der Waals surface area contributed by atoms with Gasteiger partial charge in [-0.05, 0) is 19.4 Å². The molecule has 0 saturated carbocycles. The molecule has 2 fully saturated rings. The Bertz CT molecular complexity index is 274. The predicted octanol–water partition coefficient (Wildman–Crippen LogP) is 0.0225. The Morgan fingerprint density at radius 2 is 2.20 bits per heavy atom. The lowest BCUT2D eigenvalue weighted by Gasteiger charge is -2.26. The van der Waals surface area contributed by atoms with E-state index in [1.54, 1.807) is 7.05 Å². The molecule has 0 radical (unpaired) electrons. The summed E-state index contributed by atoms with van der Waals surface area (Å²) < 4.78 is 0. The Morgan fingerprint density at radius 1 is 1.40 bits per heavy atom. The second-order valence-electron chi connectivity index (χ2n) is 4.29. The van der Waals surface area contributed by atoms with Gasteiger partial charge in [0.1, 0.15) is 6.54 Å². The molecule has 84 valence electrons. The molecular formula is C10H17N3O2. The Kier molecular flexibility index (Phi) is 2.90. The Morgan fingerprint density at radius 3 is 2.73 bits per heavy atom. The number of hydrogen-bond donors (Lipinski definition) is 1. The summed E-state index contributed by atoms with van der Waals surface area (Å²) >= 11 is 0. The number of piperidine rings is 1. The van der Waals surface area contributed by atoms with E-state index in [-0.39, 0.29) is 24.5 Å². The number of carbonyl (C=O) groups excluding carboxylic acids is 2. The number of rotatable bonds is 2. The van der Waals surface area contributed by atoms with E-state index < -0.39 is 0 Å². The van der Waals surface area contributed by atoms with Gasteiger partial charge >= 0.3 is 6.03 Å². The highest BCUT2D eigenvalue weighted by atomic mass is 16.2. The molecule has 0 aromatic rings. The maximum Gasteiger partial charge on any atom is 0.327 e. The largest absolute Gasteiger partial charge is 0.327 e. The maximum absolute atomic E-state index is 11.6. The normalized spacial score (nSPS) is 27.7. The van der Waals surface area contributed by atoms with Crippen LogP contribution in [0.4, 0.5) is 4.79 Å². The smallest absolute Gasteiger partial charge is 0.318 e. The molecule has 0 bridgehead atoms. The van der Waals surface area contributed by atoms with Crippen LogP contribution in [0.1, 0.15) is 19.3 Å². The van der Waals surface area contributed by atoms with Gasteiger partial charge in [0.15, 0.2) is 0 Å². The first-order valence-electron chi connectivity index (χ1n) is 5.47. The number of carbonyl (C=O) groups is 2. The zero-order valence-corrected chi connectivity index (χ0v) is 9.03. The molecular weight excluding hydrogens is 194 g/mol. The van der Waals surface area contributed by atoms with Crippen molar-refractivity contribution in [3.05, 3.63) is 0 Å². The quantitative estimate of drug-likeness (QED) is 0.655. The highest BCUT2D eigenvalue weighted by Gasteiger charge is 2.34. The fraction of sp³-hybridized carbons (Fsp3) is 0.800. The van der Waals surface area contributed by atoms with E-state index in [4.69, 9.17) is 0 Å². The monoisotopic (exact) mass is 211 g/mol. The molecule has 2 heterocycles. The van der Waals surface area contributed by atoms with E-state index in [9.17, 15) is 9.59 Å². The lowest BCUT2D eigenvalue weighted by Crippen LogP contribution is -2.46. The number of urea groups is 1. The molecule has 0 aromatic heterocycles. The summed E-state index contributed by atoms with van der Waals surface area (Å²) in [6.45, 7) is 1.75. The van der Waals surface area contributed by atoms with Gasteiger partial charge in [0.05, 0.1) is 0 Å². The van der Waals surface area contributed by atoms with Crippen LogP contribution in [0.3, 0.4) is 0 Å². The fourth-order valence-corrected chi connectivity index (χ4v) is 2.15. The first-order valence-corrected chi connectivity index (χ1v) is 5.47. The van der Waals surface area contributed by atoms with E-state index in [1.165, 1.54) is 22.6 Å². The SMILES string of the molecule is CN1CC(=O)N(CC2CCCCN2)C1=O. The van der Waals surface area contributed by atoms with Crippen molar-refractivity contribution in [3.8, 4) is 0 Å². The molecule has 1 N–H and O–H groups in total. The molecule has 0 spiro atoms. The van der Waals surface area contributed by atoms with Crippen LogP contribution < -0.4 is 5.32 Å². The van der Waals surface area contributed by atoms with Crippen LogP contribution in [-0.2, 0) is 4.79 Å². The first kappa shape index (κ1) is 10.4. The van der Waals surface area contributed by atoms with Crippen LogP contribution in [0.15, 0.2) is 0 Å². The Labute approximate surface area is 89.4 Å². The standard InChI is InChI=1S/C10H17N3O2/c1-12-7-9(14)13(10(12)15)6-8-4-2-3-5-11-8/h8,11H,2-7H2,1H3. The van der Waals surface area contributed by atoms with E-state index in [2.05, 4.69) is 5.32 Å². The number of nitrogens with one attached hydrogen (secondary N) is 1. The lowest BCUT2D eigenvalue weighted by molar-refractivity contribution is -0.125. The minimum absolute atomic E-state index is 0.0742. The lowest BCUT2D eigenvalue weighted by atomic mass is 10.0. The van der Waals surface area contributed by atoms with Crippen molar-refractivity contribution < 1.29 is 9.59 Å². The van der Waals surface area contributed by atoms with Gasteiger partial charge in [0.2, 0.25) is 5.91 Å². The minimum Gasteiger partial charge on any atom is -0.318 e. The highest BCUT2D eigenvalue weighted by Crippen LogP contribution is 2.13. The molecule has 0 aromatic carbocycles. The molecule has 5 heteroatoms. The zero-order chi connectivity index (χ0) is 10.8. The minimum atomic E-state index is -0.160. The van der Waals surface area contributed by atoms with Crippen LogP contribution in [0.5, 0.6) is 0 Å². The predicted molar refractivity (Wildman–Crippen MR) is 55.4 cm³/mol. The summed E-state index contributed by atoms with van der Waals surface area (Å²) in [6.07, 6.45) is 3.43. The number of likely N-dealkylation sites (N-methyl/N-ethyl adjacent to an activating group) is 1. The average Bonchev–Trinajstić information content (AvgIpc) is 2.47. The summed E-state index contributed by atoms with van der Waals surface area (Å²) in [5, 5.41) is 3.34. The van der Waals surface area contributed by atoms with Gasteiger partial charge in [-0.2, -0.15) is 0 Å². The summed E-state index contributed by atoms with van der Waals surface area (Å²) in [7, 11) is 1.66. The van der Waals surface area contributed by atoms with E-state index in [0.717, 1.165) is 13.0 Å². The molecule has 1 atom stereocenters. The van der Waals surface area contributed by atoms with Gasteiger partial charge in [-0.3, -0.25) is 9.69 Å². The van der Waals surface area contributed by atoms with Crippen molar-refractivity contribution >= 4 is 11.9 Å². The van der Waals surface area contributed by atoms with Crippen LogP contribution >= 0.6 is 0 Å². The van der Waals surface area contributed by atoms with Crippen LogP contribution in [0, 0.1) is 0 Å². The van der Waals surface area contributed by atoms with Crippen LogP contribution in [-0.4, -0.2) is 54.5 Å². The molecule has 0 aliphatic carbocycles. The van der Waals surface area contributed by atoms with Gasteiger partial charge in [-0.15, -0.1) is 0 Å². The second kappa shape index (κ2) is 4.18. The Hall–Kier alpha value is -1.10. The van der Waals surface area contributed by atoms with Gasteiger partial charge in [0, 0.05) is 19.6 Å². The molecule has 2 aliphatic rings. The number of nitrogens with zero attached hydrogens (tertiary/aromatic N) is 2. The molecule has 2 saturated heterocycles. The summed E-state index contributed by atoms with van der Waals surface area (Å²) in [4.78, 5) is 25.9. The molecule has 5 nitrogen and oxygen atoms in total. The topological polar surface area (TPSA) is 52.7 Å². The van der Waals surface area contributed by atoms with Crippen molar-refractivity contribution in [2.24, 2.45) is 0 Å². The van der Waals surface area contributed by atoms with Gasteiger partial charge in [-0.1, -0.05) is 6.42 Å². The summed E-state index contributed by atoms with van der Waals surface area (Å²) in [5.41, 5.74) is 0. The van der Waals surface area contributed by atoms with E-state index in [0.29, 0.717) is 6.54 Å². The van der Waals surface area contributed by atoms with Gasteiger partial charge in [0.25, 0.3) is 0 Å². The summed E-state index contributed by atoms with van der Waals surface area (Å²) in [5.74, 6) is -0.0742. The second-order valence-corrected chi connectivity index (χ2v) is 4.29. The molecule has 1 unspecified atom stereocenters. The number of imide groups is 1. The van der Waals surface area contributed by atoms with E-state index in [1.807, 2.05) is 0 Å². The van der Waals surface area contributed by atoms with Crippen molar-refractivity contribution in [3.63, 3.8) is 0 Å². The van der Waals surface area contributed by atoms with Gasteiger partial charge in [-0.25, -0.2) is 4.79 Å². The van der Waals surface area contributed by atoms with Crippen molar-refractivity contribution in [2.75, 3.05) is 26.7 Å². The third-order valence-electron chi connectivity index (χ3n) is 3.05. The first-order chi connectivity index (χ1) is 7.18. The van der Waals surface area contributed by atoms with Crippen molar-refractivity contribution in [1.29, 1.82) is 0 Å². The molecule has 2 rings (SSSR count). The number of amides is 3.